The summed E-state index contributed by atoms with van der Waals surface area (Å²) in [6, 6.07) is 4.02. The Balaban J connectivity index is 2.95. The van der Waals surface area contributed by atoms with Crippen molar-refractivity contribution in [1.82, 2.24) is 0 Å². The number of benzene rings is 1. The van der Waals surface area contributed by atoms with Crippen LogP contribution in [-0.2, 0) is 17.8 Å². The van der Waals surface area contributed by atoms with Gasteiger partial charge in [-0.2, -0.15) is 0 Å². The van der Waals surface area contributed by atoms with Crippen LogP contribution in [0.3, 0.4) is 0 Å². The fourth-order valence-corrected chi connectivity index (χ4v) is 1.96. The van der Waals surface area contributed by atoms with Crippen LogP contribution in [0, 0.1) is 0 Å². The summed E-state index contributed by atoms with van der Waals surface area (Å²) in [5.41, 5.74) is 7.74. The molecule has 0 aliphatic carbocycles. The third-order valence-electron chi connectivity index (χ3n) is 2.88. The molecule has 1 aromatic rings. The van der Waals surface area contributed by atoms with E-state index in [1.165, 1.54) is 5.56 Å². The average Bonchev–Trinajstić information content (AvgIpc) is 2.39. The Kier molecular flexibility index (Phi) is 6.54. The molecule has 0 aliphatic heterocycles. The third-order valence-corrected chi connectivity index (χ3v) is 2.88. The SMILES string of the molecule is COCc1cc(CCCCN)c(OC)cc1OC. The summed E-state index contributed by atoms with van der Waals surface area (Å²) < 4.78 is 15.9. The van der Waals surface area contributed by atoms with E-state index in [4.69, 9.17) is 19.9 Å². The molecule has 1 aromatic carbocycles. The molecule has 1 rings (SSSR count). The van der Waals surface area contributed by atoms with Crippen LogP contribution in [0.5, 0.6) is 11.5 Å². The van der Waals surface area contributed by atoms with E-state index in [1.54, 1.807) is 21.3 Å². The normalized spacial score (nSPS) is 10.4. The molecule has 0 unspecified atom stereocenters. The molecule has 0 aliphatic rings. The molecule has 0 aromatic heterocycles. The minimum atomic E-state index is 0.539. The molecular weight excluding hydrogens is 230 g/mol. The zero-order valence-corrected chi connectivity index (χ0v) is 11.5. The second-order valence-corrected chi connectivity index (χ2v) is 4.15. The number of methoxy groups -OCH3 is 3. The van der Waals surface area contributed by atoms with Crippen molar-refractivity contribution in [3.05, 3.63) is 23.3 Å². The molecule has 0 fully saturated rings. The summed E-state index contributed by atoms with van der Waals surface area (Å²) in [5.74, 6) is 1.67. The van der Waals surface area contributed by atoms with Gasteiger partial charge in [0.1, 0.15) is 11.5 Å². The van der Waals surface area contributed by atoms with Crippen molar-refractivity contribution in [1.29, 1.82) is 0 Å². The van der Waals surface area contributed by atoms with Gasteiger partial charge in [-0.1, -0.05) is 0 Å². The first kappa shape index (κ1) is 14.8. The largest absolute Gasteiger partial charge is 0.496 e. The Labute approximate surface area is 109 Å². The fraction of sp³-hybridized carbons (Fsp3) is 0.571. The van der Waals surface area contributed by atoms with Crippen LogP contribution in [0.25, 0.3) is 0 Å². The topological polar surface area (TPSA) is 53.7 Å². The maximum Gasteiger partial charge on any atom is 0.128 e. The summed E-state index contributed by atoms with van der Waals surface area (Å²) in [5, 5.41) is 0. The van der Waals surface area contributed by atoms with Gasteiger partial charge in [-0.05, 0) is 37.4 Å². The van der Waals surface area contributed by atoms with Crippen LogP contribution < -0.4 is 15.2 Å². The highest BCUT2D eigenvalue weighted by Crippen LogP contribution is 2.30. The summed E-state index contributed by atoms with van der Waals surface area (Å²) >= 11 is 0. The van der Waals surface area contributed by atoms with E-state index in [-0.39, 0.29) is 0 Å². The van der Waals surface area contributed by atoms with E-state index in [0.717, 1.165) is 42.9 Å². The van der Waals surface area contributed by atoms with E-state index in [0.29, 0.717) is 6.61 Å². The van der Waals surface area contributed by atoms with Gasteiger partial charge in [0.2, 0.25) is 0 Å². The molecule has 0 heterocycles. The van der Waals surface area contributed by atoms with Crippen LogP contribution >= 0.6 is 0 Å². The molecule has 2 N–H and O–H groups in total. The monoisotopic (exact) mass is 253 g/mol. The minimum Gasteiger partial charge on any atom is -0.496 e. The minimum absolute atomic E-state index is 0.539. The Morgan fingerprint density at radius 1 is 0.944 bits per heavy atom. The van der Waals surface area contributed by atoms with E-state index < -0.39 is 0 Å². The predicted molar refractivity (Wildman–Crippen MR) is 72.3 cm³/mol. The molecular formula is C14H23NO3. The van der Waals surface area contributed by atoms with Gasteiger partial charge in [-0.15, -0.1) is 0 Å². The Morgan fingerprint density at radius 2 is 1.61 bits per heavy atom. The first-order valence-corrected chi connectivity index (χ1v) is 6.19. The number of hydrogen-bond acceptors (Lipinski definition) is 4. The predicted octanol–water partition coefficient (Wildman–Crippen LogP) is 2.13. The number of ether oxygens (including phenoxy) is 3. The van der Waals surface area contributed by atoms with Gasteiger partial charge in [-0.3, -0.25) is 0 Å². The second-order valence-electron chi connectivity index (χ2n) is 4.15. The number of rotatable bonds is 8. The highest BCUT2D eigenvalue weighted by molar-refractivity contribution is 5.46. The van der Waals surface area contributed by atoms with Crippen molar-refractivity contribution in [3.8, 4) is 11.5 Å². The molecule has 0 radical (unpaired) electrons. The van der Waals surface area contributed by atoms with E-state index in [2.05, 4.69) is 6.07 Å². The van der Waals surface area contributed by atoms with Crippen molar-refractivity contribution in [3.63, 3.8) is 0 Å². The van der Waals surface area contributed by atoms with Crippen LogP contribution in [-0.4, -0.2) is 27.9 Å². The zero-order chi connectivity index (χ0) is 13.4. The lowest BCUT2D eigenvalue weighted by Gasteiger charge is -2.14. The second kappa shape index (κ2) is 7.95. The van der Waals surface area contributed by atoms with Gasteiger partial charge in [0.15, 0.2) is 0 Å². The Morgan fingerprint density at radius 3 is 2.17 bits per heavy atom. The Bertz CT molecular complexity index is 366. The summed E-state index contributed by atoms with van der Waals surface area (Å²) in [6.45, 7) is 1.26. The van der Waals surface area contributed by atoms with E-state index in [1.807, 2.05) is 6.07 Å². The smallest absolute Gasteiger partial charge is 0.128 e. The van der Waals surface area contributed by atoms with E-state index >= 15 is 0 Å². The maximum absolute atomic E-state index is 5.52. The van der Waals surface area contributed by atoms with Gasteiger partial charge in [0.05, 0.1) is 20.8 Å². The van der Waals surface area contributed by atoms with Gasteiger partial charge in [0.25, 0.3) is 0 Å². The van der Waals surface area contributed by atoms with Crippen LogP contribution in [0.4, 0.5) is 0 Å². The highest BCUT2D eigenvalue weighted by atomic mass is 16.5. The maximum atomic E-state index is 5.52. The van der Waals surface area contributed by atoms with Crippen LogP contribution in [0.15, 0.2) is 12.1 Å². The molecule has 4 nitrogen and oxygen atoms in total. The first-order valence-electron chi connectivity index (χ1n) is 6.19. The summed E-state index contributed by atoms with van der Waals surface area (Å²) in [6.07, 6.45) is 3.04. The lowest BCUT2D eigenvalue weighted by Crippen LogP contribution is -2.02. The third kappa shape index (κ3) is 3.89. The molecule has 0 bridgehead atoms. The van der Waals surface area contributed by atoms with Gasteiger partial charge in [0, 0.05) is 18.7 Å². The molecule has 18 heavy (non-hydrogen) atoms. The molecule has 0 atom stereocenters. The van der Waals surface area contributed by atoms with Gasteiger partial charge >= 0.3 is 0 Å². The molecule has 0 saturated heterocycles. The lowest BCUT2D eigenvalue weighted by atomic mass is 10.0. The van der Waals surface area contributed by atoms with Gasteiger partial charge < -0.3 is 19.9 Å². The number of aryl methyl sites for hydroxylation is 1. The number of hydrogen-bond donors (Lipinski definition) is 1. The van der Waals surface area contributed by atoms with Gasteiger partial charge in [-0.25, -0.2) is 0 Å². The molecule has 4 heteroatoms. The van der Waals surface area contributed by atoms with E-state index in [9.17, 15) is 0 Å². The van der Waals surface area contributed by atoms with Crippen molar-refractivity contribution in [2.45, 2.75) is 25.9 Å². The van der Waals surface area contributed by atoms with Crippen LogP contribution in [0.1, 0.15) is 24.0 Å². The quantitative estimate of drug-likeness (QED) is 0.721. The number of unbranched alkanes of at least 4 members (excludes halogenated alkanes) is 1. The number of nitrogens with two attached hydrogens (primary N) is 1. The Hall–Kier alpha value is -1.26. The summed E-state index contributed by atoms with van der Waals surface area (Å²) in [4.78, 5) is 0. The first-order chi connectivity index (χ1) is 8.76. The van der Waals surface area contributed by atoms with Crippen molar-refractivity contribution in [2.24, 2.45) is 5.73 Å². The van der Waals surface area contributed by atoms with Crippen molar-refractivity contribution in [2.75, 3.05) is 27.9 Å². The standard InChI is InChI=1S/C14H23NO3/c1-16-10-12-8-11(6-4-5-7-15)13(17-2)9-14(12)18-3/h8-9H,4-7,10,15H2,1-3H3. The summed E-state index contributed by atoms with van der Waals surface area (Å²) in [7, 11) is 5.01. The van der Waals surface area contributed by atoms with Crippen molar-refractivity contribution < 1.29 is 14.2 Å². The van der Waals surface area contributed by atoms with Crippen LogP contribution in [0.2, 0.25) is 0 Å². The van der Waals surface area contributed by atoms with Crippen molar-refractivity contribution >= 4 is 0 Å². The average molecular weight is 253 g/mol. The molecule has 102 valence electrons. The molecule has 0 saturated carbocycles. The lowest BCUT2D eigenvalue weighted by molar-refractivity contribution is 0.181. The highest BCUT2D eigenvalue weighted by Gasteiger charge is 2.10. The molecule has 0 spiro atoms. The molecule has 0 amide bonds. The zero-order valence-electron chi connectivity index (χ0n) is 11.5. The fourth-order valence-electron chi connectivity index (χ4n) is 1.96.